The number of fused-ring (bicyclic) bond motifs is 1. The Morgan fingerprint density at radius 2 is 2.08 bits per heavy atom. The average molecular weight is 435 g/mol. The Morgan fingerprint density at radius 1 is 1.27 bits per heavy atom. The second-order valence-electron chi connectivity index (χ2n) is 6.06. The zero-order valence-corrected chi connectivity index (χ0v) is 16.1. The number of amidine groups is 1. The monoisotopic (exact) mass is 434 g/mol. The minimum atomic E-state index is -0.274. The smallest absolute Gasteiger partial charge is 0.241 e. The molecule has 0 spiro atoms. The lowest BCUT2D eigenvalue weighted by Gasteiger charge is -2.32. The first-order valence-corrected chi connectivity index (χ1v) is 9.92. The summed E-state index contributed by atoms with van der Waals surface area (Å²) < 4.78 is 14.4. The van der Waals surface area contributed by atoms with Gasteiger partial charge in [-0.3, -0.25) is 15.1 Å². The SMILES string of the molecule is O=C1C2CNNC2N=C(SCc2cccc(F)c2)N1c1ccc(Br)cc1. The molecule has 0 saturated carbocycles. The van der Waals surface area contributed by atoms with Gasteiger partial charge in [0.05, 0.1) is 11.6 Å². The summed E-state index contributed by atoms with van der Waals surface area (Å²) in [5.41, 5.74) is 7.67. The lowest BCUT2D eigenvalue weighted by Crippen LogP contribution is -2.49. The Kier molecular flexibility index (Phi) is 5.08. The fourth-order valence-electron chi connectivity index (χ4n) is 2.97. The van der Waals surface area contributed by atoms with Crippen LogP contribution in [-0.2, 0) is 10.5 Å². The topological polar surface area (TPSA) is 56.7 Å². The van der Waals surface area contributed by atoms with Crippen molar-refractivity contribution in [3.05, 3.63) is 64.4 Å². The number of aliphatic imine (C=N–C) groups is 1. The van der Waals surface area contributed by atoms with E-state index in [9.17, 15) is 9.18 Å². The minimum Gasteiger partial charge on any atom is -0.274 e. The maximum absolute atomic E-state index is 13.4. The molecule has 2 unspecified atom stereocenters. The third-order valence-corrected chi connectivity index (χ3v) is 5.83. The highest BCUT2D eigenvalue weighted by Gasteiger charge is 2.42. The summed E-state index contributed by atoms with van der Waals surface area (Å²) in [4.78, 5) is 19.4. The molecule has 2 atom stereocenters. The van der Waals surface area contributed by atoms with Crippen LogP contribution in [0.4, 0.5) is 10.1 Å². The van der Waals surface area contributed by atoms with Gasteiger partial charge in [0.1, 0.15) is 12.0 Å². The summed E-state index contributed by atoms with van der Waals surface area (Å²) in [7, 11) is 0. The molecule has 4 rings (SSSR count). The third-order valence-electron chi connectivity index (χ3n) is 4.27. The van der Waals surface area contributed by atoms with Gasteiger partial charge < -0.3 is 0 Å². The van der Waals surface area contributed by atoms with E-state index in [4.69, 9.17) is 4.99 Å². The van der Waals surface area contributed by atoms with E-state index in [1.54, 1.807) is 11.0 Å². The first-order valence-electron chi connectivity index (χ1n) is 8.15. The molecule has 2 aliphatic rings. The van der Waals surface area contributed by atoms with Crippen LogP contribution in [0, 0.1) is 11.7 Å². The molecule has 2 aromatic carbocycles. The van der Waals surface area contributed by atoms with E-state index in [1.165, 1.54) is 23.9 Å². The average Bonchev–Trinajstić information content (AvgIpc) is 3.10. The van der Waals surface area contributed by atoms with Crippen molar-refractivity contribution < 1.29 is 9.18 Å². The van der Waals surface area contributed by atoms with Crippen LogP contribution in [0.15, 0.2) is 58.0 Å². The van der Waals surface area contributed by atoms with Crippen molar-refractivity contribution in [3.63, 3.8) is 0 Å². The van der Waals surface area contributed by atoms with Crippen molar-refractivity contribution >= 4 is 44.5 Å². The Bertz CT molecular complexity index is 861. The molecule has 0 bridgehead atoms. The summed E-state index contributed by atoms with van der Waals surface area (Å²) in [6, 6.07) is 14.0. The number of nitrogens with zero attached hydrogens (tertiary/aromatic N) is 2. The van der Waals surface area contributed by atoms with Crippen molar-refractivity contribution in [2.45, 2.75) is 11.9 Å². The van der Waals surface area contributed by atoms with Crippen molar-refractivity contribution in [1.29, 1.82) is 0 Å². The van der Waals surface area contributed by atoms with Crippen LogP contribution in [0.2, 0.25) is 0 Å². The zero-order valence-electron chi connectivity index (χ0n) is 13.7. The molecule has 0 radical (unpaired) electrons. The van der Waals surface area contributed by atoms with Gasteiger partial charge >= 0.3 is 0 Å². The molecule has 134 valence electrons. The maximum Gasteiger partial charge on any atom is 0.241 e. The molecule has 5 nitrogen and oxygen atoms in total. The van der Waals surface area contributed by atoms with E-state index in [0.717, 1.165) is 15.7 Å². The van der Waals surface area contributed by atoms with Crippen molar-refractivity contribution in [2.24, 2.45) is 10.9 Å². The largest absolute Gasteiger partial charge is 0.274 e. The first kappa shape index (κ1) is 17.7. The number of halogens is 2. The Balaban J connectivity index is 1.63. The lowest BCUT2D eigenvalue weighted by atomic mass is 10.0. The van der Waals surface area contributed by atoms with Crippen LogP contribution in [0.3, 0.4) is 0 Å². The summed E-state index contributed by atoms with van der Waals surface area (Å²) in [5, 5.41) is 0.610. The quantitative estimate of drug-likeness (QED) is 0.777. The number of rotatable bonds is 3. The van der Waals surface area contributed by atoms with E-state index < -0.39 is 0 Å². The second-order valence-corrected chi connectivity index (χ2v) is 7.92. The molecule has 26 heavy (non-hydrogen) atoms. The second kappa shape index (κ2) is 7.48. The summed E-state index contributed by atoms with van der Waals surface area (Å²) in [6.45, 7) is 0.544. The number of amides is 1. The van der Waals surface area contributed by atoms with Crippen LogP contribution < -0.4 is 15.8 Å². The zero-order chi connectivity index (χ0) is 18.1. The number of benzene rings is 2. The Morgan fingerprint density at radius 3 is 2.85 bits per heavy atom. The summed E-state index contributed by atoms with van der Waals surface area (Å²) in [6.07, 6.45) is -0.274. The van der Waals surface area contributed by atoms with Gasteiger partial charge in [0.25, 0.3) is 0 Å². The number of hydrogen-bond acceptors (Lipinski definition) is 5. The standard InChI is InChI=1S/C18H16BrFN4OS/c19-12-4-6-14(7-5-12)24-17(25)15-9-21-23-16(15)22-18(24)26-10-11-2-1-3-13(20)8-11/h1-8,15-16,21,23H,9-10H2. The van der Waals surface area contributed by atoms with Gasteiger partial charge in [-0.05, 0) is 42.0 Å². The number of hydrogen-bond donors (Lipinski definition) is 2. The van der Waals surface area contributed by atoms with E-state index in [1.807, 2.05) is 30.3 Å². The van der Waals surface area contributed by atoms with E-state index in [2.05, 4.69) is 26.8 Å². The van der Waals surface area contributed by atoms with Crippen LogP contribution in [0.5, 0.6) is 0 Å². The van der Waals surface area contributed by atoms with E-state index >= 15 is 0 Å². The minimum absolute atomic E-state index is 0.00608. The molecule has 0 aliphatic carbocycles. The third kappa shape index (κ3) is 3.55. The maximum atomic E-state index is 13.4. The van der Waals surface area contributed by atoms with Gasteiger partial charge in [0.2, 0.25) is 5.91 Å². The van der Waals surface area contributed by atoms with Gasteiger partial charge in [0, 0.05) is 16.8 Å². The van der Waals surface area contributed by atoms with E-state index in [-0.39, 0.29) is 23.8 Å². The van der Waals surface area contributed by atoms with Crippen LogP contribution in [-0.4, -0.2) is 23.8 Å². The first-order chi connectivity index (χ1) is 12.6. The molecule has 1 saturated heterocycles. The molecule has 0 aromatic heterocycles. The Hall–Kier alpha value is -1.74. The number of carbonyl (C=O) groups excluding carboxylic acids is 1. The molecular formula is C18H16BrFN4OS. The molecule has 8 heteroatoms. The van der Waals surface area contributed by atoms with Gasteiger partial charge in [-0.25, -0.2) is 14.8 Å². The van der Waals surface area contributed by atoms with Crippen molar-refractivity contribution in [1.82, 2.24) is 10.9 Å². The number of hydrazine groups is 1. The molecule has 1 fully saturated rings. The summed E-state index contributed by atoms with van der Waals surface area (Å²) >= 11 is 4.85. The van der Waals surface area contributed by atoms with E-state index in [0.29, 0.717) is 17.5 Å². The number of anilines is 1. The van der Waals surface area contributed by atoms with Crippen LogP contribution >= 0.6 is 27.7 Å². The number of thioether (sulfide) groups is 1. The fraction of sp³-hybridized carbons (Fsp3) is 0.222. The highest BCUT2D eigenvalue weighted by molar-refractivity contribution is 9.10. The van der Waals surface area contributed by atoms with Gasteiger partial charge in [-0.2, -0.15) is 0 Å². The number of carbonyl (C=O) groups is 1. The molecule has 2 N–H and O–H groups in total. The van der Waals surface area contributed by atoms with Crippen molar-refractivity contribution in [3.8, 4) is 0 Å². The highest BCUT2D eigenvalue weighted by atomic mass is 79.9. The van der Waals surface area contributed by atoms with Crippen LogP contribution in [0.1, 0.15) is 5.56 Å². The predicted octanol–water partition coefficient (Wildman–Crippen LogP) is 3.27. The van der Waals surface area contributed by atoms with Crippen molar-refractivity contribution in [2.75, 3.05) is 11.4 Å². The van der Waals surface area contributed by atoms with Gasteiger partial charge in [0.15, 0.2) is 5.17 Å². The Labute approximate surface area is 163 Å². The van der Waals surface area contributed by atoms with Gasteiger partial charge in [-0.15, -0.1) is 0 Å². The van der Waals surface area contributed by atoms with Crippen LogP contribution in [0.25, 0.3) is 0 Å². The normalized spacial score (nSPS) is 22.3. The molecule has 2 aromatic rings. The highest BCUT2D eigenvalue weighted by Crippen LogP contribution is 2.31. The lowest BCUT2D eigenvalue weighted by molar-refractivity contribution is -0.121. The van der Waals surface area contributed by atoms with Gasteiger partial charge in [-0.1, -0.05) is 39.8 Å². The summed E-state index contributed by atoms with van der Waals surface area (Å²) in [5.74, 6) is 0.0295. The molecular weight excluding hydrogens is 419 g/mol. The molecule has 2 heterocycles. The molecule has 1 amide bonds. The molecule has 2 aliphatic heterocycles. The predicted molar refractivity (Wildman–Crippen MR) is 105 cm³/mol. The fourth-order valence-corrected chi connectivity index (χ4v) is 4.22. The number of nitrogens with one attached hydrogen (secondary N) is 2.